The molecule has 190 valence electrons. The zero-order valence-corrected chi connectivity index (χ0v) is 22.0. The Bertz CT molecular complexity index is 1320. The molecule has 1 amide bonds. The SMILES string of the molecule is CCCCC(Cc1nc2ccccc2c(=O)n1-c1cccc(Cl)c1)C(=O)N1CCC2(CCN(C)C2)C1. The monoisotopic (exact) mass is 506 g/mol. The highest BCUT2D eigenvalue weighted by Gasteiger charge is 2.44. The highest BCUT2D eigenvalue weighted by molar-refractivity contribution is 6.30. The van der Waals surface area contributed by atoms with Crippen molar-refractivity contribution in [1.29, 1.82) is 0 Å². The van der Waals surface area contributed by atoms with Crippen molar-refractivity contribution in [1.82, 2.24) is 19.4 Å². The molecular weight excluding hydrogens is 472 g/mol. The molecule has 0 saturated carbocycles. The Morgan fingerprint density at radius 3 is 2.67 bits per heavy atom. The van der Waals surface area contributed by atoms with Gasteiger partial charge in [-0.05, 0) is 63.2 Å². The predicted molar refractivity (Wildman–Crippen MR) is 145 cm³/mol. The van der Waals surface area contributed by atoms with E-state index >= 15 is 0 Å². The third kappa shape index (κ3) is 4.94. The molecule has 2 atom stereocenters. The van der Waals surface area contributed by atoms with E-state index in [1.54, 1.807) is 22.8 Å². The molecule has 2 saturated heterocycles. The van der Waals surface area contributed by atoms with E-state index in [0.717, 1.165) is 58.3 Å². The molecule has 0 N–H and O–H groups in total. The van der Waals surface area contributed by atoms with Crippen LogP contribution in [0.2, 0.25) is 5.02 Å². The van der Waals surface area contributed by atoms with Gasteiger partial charge in [-0.1, -0.05) is 49.6 Å². The van der Waals surface area contributed by atoms with Gasteiger partial charge in [0.05, 0.1) is 16.6 Å². The van der Waals surface area contributed by atoms with Crippen molar-refractivity contribution >= 4 is 28.4 Å². The van der Waals surface area contributed by atoms with Crippen LogP contribution in [0.15, 0.2) is 53.3 Å². The lowest BCUT2D eigenvalue weighted by Gasteiger charge is -2.27. The van der Waals surface area contributed by atoms with Gasteiger partial charge in [0, 0.05) is 42.4 Å². The van der Waals surface area contributed by atoms with Crippen LogP contribution in [-0.2, 0) is 11.2 Å². The number of carbonyl (C=O) groups is 1. The number of likely N-dealkylation sites (tertiary alicyclic amines) is 2. The van der Waals surface area contributed by atoms with E-state index in [0.29, 0.717) is 33.9 Å². The molecule has 3 aromatic rings. The average Bonchev–Trinajstić information content (AvgIpc) is 3.46. The number of halogens is 1. The van der Waals surface area contributed by atoms with Gasteiger partial charge in [-0.3, -0.25) is 14.2 Å². The molecule has 2 aromatic carbocycles. The van der Waals surface area contributed by atoms with Gasteiger partial charge in [-0.15, -0.1) is 0 Å². The number of para-hydroxylation sites is 1. The number of carbonyl (C=O) groups excluding carboxylic acids is 1. The molecule has 7 heteroatoms. The lowest BCUT2D eigenvalue weighted by molar-refractivity contribution is -0.135. The van der Waals surface area contributed by atoms with E-state index in [-0.39, 0.29) is 22.8 Å². The highest BCUT2D eigenvalue weighted by atomic mass is 35.5. The van der Waals surface area contributed by atoms with Crippen molar-refractivity contribution in [2.24, 2.45) is 11.3 Å². The molecule has 0 radical (unpaired) electrons. The number of fused-ring (bicyclic) bond motifs is 1. The first kappa shape index (κ1) is 25.0. The number of aromatic nitrogens is 2. The molecular formula is C29H35ClN4O2. The Morgan fingerprint density at radius 1 is 1.11 bits per heavy atom. The zero-order valence-electron chi connectivity index (χ0n) is 21.3. The van der Waals surface area contributed by atoms with E-state index in [4.69, 9.17) is 16.6 Å². The summed E-state index contributed by atoms with van der Waals surface area (Å²) in [6, 6.07) is 14.7. The number of hydrogen-bond acceptors (Lipinski definition) is 4. The van der Waals surface area contributed by atoms with Crippen LogP contribution in [0, 0.1) is 11.3 Å². The fourth-order valence-electron chi connectivity index (χ4n) is 6.05. The Kier molecular flexibility index (Phi) is 7.18. The number of unbranched alkanes of at least 4 members (excludes halogenated alkanes) is 1. The van der Waals surface area contributed by atoms with E-state index in [1.807, 2.05) is 30.3 Å². The van der Waals surface area contributed by atoms with Crippen molar-refractivity contribution in [2.75, 3.05) is 33.2 Å². The van der Waals surface area contributed by atoms with E-state index in [9.17, 15) is 9.59 Å². The third-order valence-electron chi connectivity index (χ3n) is 7.98. The van der Waals surface area contributed by atoms with Crippen molar-refractivity contribution in [3.8, 4) is 5.69 Å². The van der Waals surface area contributed by atoms with Crippen LogP contribution in [-0.4, -0.2) is 58.5 Å². The standard InChI is InChI=1S/C29H35ClN4O2/c1-3-4-8-21(27(35)33-16-14-29(20-33)13-15-32(2)19-29)17-26-31-25-12-6-5-11-24(25)28(36)34(26)23-10-7-9-22(30)18-23/h5-7,9-12,18,21H,3-4,8,13-17,19-20H2,1-2H3. The number of benzene rings is 2. The molecule has 2 fully saturated rings. The smallest absolute Gasteiger partial charge is 0.265 e. The van der Waals surface area contributed by atoms with Crippen LogP contribution in [0.1, 0.15) is 44.9 Å². The molecule has 2 unspecified atom stereocenters. The largest absolute Gasteiger partial charge is 0.342 e. The molecule has 2 aliphatic heterocycles. The van der Waals surface area contributed by atoms with Crippen LogP contribution < -0.4 is 5.56 Å². The summed E-state index contributed by atoms with van der Waals surface area (Å²) in [7, 11) is 2.17. The van der Waals surface area contributed by atoms with Crippen LogP contribution in [0.3, 0.4) is 0 Å². The fraction of sp³-hybridized carbons (Fsp3) is 0.483. The second-order valence-corrected chi connectivity index (χ2v) is 11.1. The van der Waals surface area contributed by atoms with Gasteiger partial charge in [0.25, 0.3) is 5.56 Å². The van der Waals surface area contributed by atoms with Gasteiger partial charge in [-0.25, -0.2) is 4.98 Å². The Morgan fingerprint density at radius 2 is 1.92 bits per heavy atom. The van der Waals surface area contributed by atoms with Gasteiger partial charge < -0.3 is 9.80 Å². The number of hydrogen-bond donors (Lipinski definition) is 0. The topological polar surface area (TPSA) is 58.4 Å². The average molecular weight is 507 g/mol. The highest BCUT2D eigenvalue weighted by Crippen LogP contribution is 2.39. The quantitative estimate of drug-likeness (QED) is 0.455. The first-order chi connectivity index (χ1) is 17.4. The van der Waals surface area contributed by atoms with Gasteiger partial charge in [0.15, 0.2) is 0 Å². The number of amides is 1. The van der Waals surface area contributed by atoms with E-state index < -0.39 is 0 Å². The Hall–Kier alpha value is -2.70. The summed E-state index contributed by atoms with van der Waals surface area (Å²) in [5.74, 6) is 0.609. The second kappa shape index (κ2) is 10.3. The second-order valence-electron chi connectivity index (χ2n) is 10.7. The molecule has 3 heterocycles. The molecule has 2 aliphatic rings. The number of rotatable bonds is 7. The van der Waals surface area contributed by atoms with E-state index in [2.05, 4.69) is 23.8 Å². The lowest BCUT2D eigenvalue weighted by Crippen LogP contribution is -2.38. The summed E-state index contributed by atoms with van der Waals surface area (Å²) in [6.45, 7) is 5.98. The van der Waals surface area contributed by atoms with Gasteiger partial charge >= 0.3 is 0 Å². The maximum Gasteiger partial charge on any atom is 0.265 e. The molecule has 6 nitrogen and oxygen atoms in total. The summed E-state index contributed by atoms with van der Waals surface area (Å²) in [5.41, 5.74) is 1.45. The van der Waals surface area contributed by atoms with Crippen LogP contribution in [0.4, 0.5) is 0 Å². The lowest BCUT2D eigenvalue weighted by atomic mass is 9.86. The van der Waals surface area contributed by atoms with Crippen LogP contribution in [0.25, 0.3) is 16.6 Å². The Labute approximate surface area is 217 Å². The Balaban J connectivity index is 1.51. The van der Waals surface area contributed by atoms with Gasteiger partial charge in [0.1, 0.15) is 5.82 Å². The van der Waals surface area contributed by atoms with Crippen LogP contribution >= 0.6 is 11.6 Å². The number of nitrogens with zero attached hydrogens (tertiary/aromatic N) is 4. The van der Waals surface area contributed by atoms with Crippen molar-refractivity contribution in [2.45, 2.75) is 45.4 Å². The van der Waals surface area contributed by atoms with Crippen molar-refractivity contribution in [3.05, 3.63) is 69.7 Å². The molecule has 1 aromatic heterocycles. The normalized spacial score (nSPS) is 21.0. The van der Waals surface area contributed by atoms with Crippen molar-refractivity contribution < 1.29 is 4.79 Å². The predicted octanol–water partition coefficient (Wildman–Crippen LogP) is 4.94. The summed E-state index contributed by atoms with van der Waals surface area (Å²) in [4.78, 5) is 37.0. The summed E-state index contributed by atoms with van der Waals surface area (Å²) in [5, 5.41) is 1.12. The summed E-state index contributed by atoms with van der Waals surface area (Å²) >= 11 is 6.30. The fourth-order valence-corrected chi connectivity index (χ4v) is 6.24. The maximum atomic E-state index is 13.9. The minimum Gasteiger partial charge on any atom is -0.342 e. The van der Waals surface area contributed by atoms with Crippen molar-refractivity contribution in [3.63, 3.8) is 0 Å². The van der Waals surface area contributed by atoms with Crippen LogP contribution in [0.5, 0.6) is 0 Å². The summed E-state index contributed by atoms with van der Waals surface area (Å²) in [6.07, 6.45) is 5.43. The first-order valence-electron chi connectivity index (χ1n) is 13.1. The molecule has 36 heavy (non-hydrogen) atoms. The molecule has 0 aliphatic carbocycles. The zero-order chi connectivity index (χ0) is 25.3. The van der Waals surface area contributed by atoms with E-state index in [1.165, 1.54) is 0 Å². The third-order valence-corrected chi connectivity index (χ3v) is 8.21. The van der Waals surface area contributed by atoms with Gasteiger partial charge in [-0.2, -0.15) is 0 Å². The minimum atomic E-state index is -0.210. The molecule has 5 rings (SSSR count). The molecule has 1 spiro atoms. The first-order valence-corrected chi connectivity index (χ1v) is 13.5. The minimum absolute atomic E-state index is 0.131. The maximum absolute atomic E-state index is 13.9. The van der Waals surface area contributed by atoms with Gasteiger partial charge in [0.2, 0.25) is 5.91 Å². The summed E-state index contributed by atoms with van der Waals surface area (Å²) < 4.78 is 1.65. The molecule has 0 bridgehead atoms.